The molecule has 20 heavy (non-hydrogen) atoms. The second-order valence-corrected chi connectivity index (χ2v) is 6.00. The quantitative estimate of drug-likeness (QED) is 0.855. The van der Waals surface area contributed by atoms with Crippen molar-refractivity contribution >= 4 is 5.95 Å². The van der Waals surface area contributed by atoms with Gasteiger partial charge in [-0.15, -0.1) is 0 Å². The van der Waals surface area contributed by atoms with Crippen molar-refractivity contribution in [2.75, 3.05) is 38.6 Å². The minimum atomic E-state index is 0.654. The molecule has 1 fully saturated rings. The molecule has 0 saturated carbocycles. The Labute approximate surface area is 123 Å². The second kappa shape index (κ2) is 7.09. The van der Waals surface area contributed by atoms with Crippen LogP contribution in [0.25, 0.3) is 0 Å². The van der Waals surface area contributed by atoms with E-state index in [0.717, 1.165) is 12.5 Å². The maximum Gasteiger partial charge on any atom is 0.204 e. The van der Waals surface area contributed by atoms with Gasteiger partial charge in [0.15, 0.2) is 0 Å². The highest BCUT2D eigenvalue weighted by molar-refractivity contribution is 5.30. The number of rotatable bonds is 6. The van der Waals surface area contributed by atoms with Crippen LogP contribution in [0.4, 0.5) is 5.95 Å². The minimum Gasteiger partial charge on any atom is -0.348 e. The van der Waals surface area contributed by atoms with Gasteiger partial charge in [0.1, 0.15) is 0 Å². The van der Waals surface area contributed by atoms with Crippen molar-refractivity contribution in [3.8, 4) is 0 Å². The molecule has 0 spiro atoms. The number of hydrogen-bond acceptors (Lipinski definition) is 4. The van der Waals surface area contributed by atoms with E-state index in [9.17, 15) is 0 Å². The Hall–Kier alpha value is -1.07. The lowest BCUT2D eigenvalue weighted by Crippen LogP contribution is -2.42. The van der Waals surface area contributed by atoms with Crippen LogP contribution in [0.5, 0.6) is 0 Å². The molecule has 1 aromatic rings. The number of hydrogen-bond donors (Lipinski definition) is 1. The standard InChI is InChI=1S/C15H29N5/c1-5-8-20-9-6-13(7-10-20)16-11-14-12-17-15(18(2)3)19(14)4/h12-13,16H,5-11H2,1-4H3. The fourth-order valence-corrected chi connectivity index (χ4v) is 2.94. The van der Waals surface area contributed by atoms with Crippen LogP contribution in [0.3, 0.4) is 0 Å². The Morgan fingerprint density at radius 2 is 2.05 bits per heavy atom. The highest BCUT2D eigenvalue weighted by atomic mass is 15.3. The van der Waals surface area contributed by atoms with Gasteiger partial charge in [-0.1, -0.05) is 6.92 Å². The summed E-state index contributed by atoms with van der Waals surface area (Å²) in [5.74, 6) is 1.01. The summed E-state index contributed by atoms with van der Waals surface area (Å²) in [7, 11) is 6.15. The van der Waals surface area contributed by atoms with E-state index < -0.39 is 0 Å². The van der Waals surface area contributed by atoms with Crippen LogP contribution >= 0.6 is 0 Å². The number of aromatic nitrogens is 2. The first-order valence-corrected chi connectivity index (χ1v) is 7.75. The molecule has 2 heterocycles. The molecule has 1 aliphatic rings. The van der Waals surface area contributed by atoms with Crippen molar-refractivity contribution in [3.05, 3.63) is 11.9 Å². The van der Waals surface area contributed by atoms with Crippen molar-refractivity contribution in [1.82, 2.24) is 19.8 Å². The van der Waals surface area contributed by atoms with Crippen LogP contribution in [0.15, 0.2) is 6.20 Å². The Balaban J connectivity index is 1.79. The molecule has 0 bridgehead atoms. The summed E-state index contributed by atoms with van der Waals surface area (Å²) in [4.78, 5) is 9.08. The molecule has 2 rings (SSSR count). The zero-order chi connectivity index (χ0) is 14.5. The van der Waals surface area contributed by atoms with Gasteiger partial charge in [-0.2, -0.15) is 0 Å². The molecular formula is C15H29N5. The maximum absolute atomic E-state index is 4.46. The molecule has 0 aliphatic carbocycles. The minimum absolute atomic E-state index is 0.654. The van der Waals surface area contributed by atoms with E-state index in [1.165, 1.54) is 44.6 Å². The number of imidazole rings is 1. The fourth-order valence-electron chi connectivity index (χ4n) is 2.94. The van der Waals surface area contributed by atoms with Crippen molar-refractivity contribution in [2.24, 2.45) is 7.05 Å². The van der Waals surface area contributed by atoms with E-state index in [1.54, 1.807) is 0 Å². The molecule has 0 radical (unpaired) electrons. The molecule has 5 nitrogen and oxygen atoms in total. The maximum atomic E-state index is 4.46. The van der Waals surface area contributed by atoms with Crippen LogP contribution in [0, 0.1) is 0 Å². The lowest BCUT2D eigenvalue weighted by atomic mass is 10.0. The first kappa shape index (κ1) is 15.3. The molecule has 0 amide bonds. The smallest absolute Gasteiger partial charge is 0.204 e. The third kappa shape index (κ3) is 3.73. The van der Waals surface area contributed by atoms with Gasteiger partial charge in [0, 0.05) is 33.7 Å². The SMILES string of the molecule is CCCN1CCC(NCc2cnc(N(C)C)n2C)CC1. The van der Waals surface area contributed by atoms with Gasteiger partial charge in [0.25, 0.3) is 0 Å². The number of likely N-dealkylation sites (tertiary alicyclic amines) is 1. The van der Waals surface area contributed by atoms with Gasteiger partial charge in [0.2, 0.25) is 5.95 Å². The van der Waals surface area contributed by atoms with E-state index in [4.69, 9.17) is 0 Å². The Kier molecular flexibility index (Phi) is 5.43. The summed E-state index contributed by atoms with van der Waals surface area (Å²) < 4.78 is 2.17. The van der Waals surface area contributed by atoms with E-state index in [2.05, 4.69) is 33.7 Å². The molecule has 0 unspecified atom stereocenters. The zero-order valence-corrected chi connectivity index (χ0v) is 13.4. The third-order valence-corrected chi connectivity index (χ3v) is 4.16. The van der Waals surface area contributed by atoms with E-state index in [0.29, 0.717) is 6.04 Å². The number of nitrogens with zero attached hydrogens (tertiary/aromatic N) is 4. The number of anilines is 1. The van der Waals surface area contributed by atoms with Gasteiger partial charge in [0.05, 0.1) is 11.9 Å². The largest absolute Gasteiger partial charge is 0.348 e. The average molecular weight is 279 g/mol. The van der Waals surface area contributed by atoms with E-state index in [-0.39, 0.29) is 0 Å². The van der Waals surface area contributed by atoms with Crippen LogP contribution in [-0.4, -0.2) is 54.2 Å². The lowest BCUT2D eigenvalue weighted by Gasteiger charge is -2.32. The Morgan fingerprint density at radius 3 is 2.60 bits per heavy atom. The van der Waals surface area contributed by atoms with Crippen molar-refractivity contribution in [2.45, 2.75) is 38.8 Å². The highest BCUT2D eigenvalue weighted by Crippen LogP contribution is 2.14. The predicted octanol–water partition coefficient (Wildman–Crippen LogP) is 1.45. The van der Waals surface area contributed by atoms with Crippen molar-refractivity contribution in [3.63, 3.8) is 0 Å². The molecular weight excluding hydrogens is 250 g/mol. The first-order chi connectivity index (χ1) is 9.61. The molecule has 0 atom stereocenters. The summed E-state index contributed by atoms with van der Waals surface area (Å²) in [6.07, 6.45) is 5.77. The summed E-state index contributed by atoms with van der Waals surface area (Å²) in [5.41, 5.74) is 1.25. The zero-order valence-electron chi connectivity index (χ0n) is 13.4. The van der Waals surface area contributed by atoms with Gasteiger partial charge >= 0.3 is 0 Å². The topological polar surface area (TPSA) is 36.3 Å². The molecule has 114 valence electrons. The molecule has 1 saturated heterocycles. The molecule has 1 N–H and O–H groups in total. The van der Waals surface area contributed by atoms with Gasteiger partial charge in [-0.05, 0) is 38.9 Å². The van der Waals surface area contributed by atoms with Gasteiger partial charge in [-0.3, -0.25) is 0 Å². The summed E-state index contributed by atoms with van der Waals surface area (Å²) >= 11 is 0. The average Bonchev–Trinajstić information content (AvgIpc) is 2.80. The molecule has 5 heteroatoms. The Morgan fingerprint density at radius 1 is 1.35 bits per heavy atom. The predicted molar refractivity (Wildman–Crippen MR) is 84.1 cm³/mol. The van der Waals surface area contributed by atoms with Crippen LogP contribution < -0.4 is 10.2 Å². The fraction of sp³-hybridized carbons (Fsp3) is 0.800. The monoisotopic (exact) mass is 279 g/mol. The van der Waals surface area contributed by atoms with Gasteiger partial charge in [-0.25, -0.2) is 4.98 Å². The number of piperidine rings is 1. The summed E-state index contributed by atoms with van der Waals surface area (Å²) in [6.45, 7) is 6.89. The second-order valence-electron chi connectivity index (χ2n) is 6.00. The van der Waals surface area contributed by atoms with Crippen LogP contribution in [0.1, 0.15) is 31.9 Å². The van der Waals surface area contributed by atoms with E-state index >= 15 is 0 Å². The third-order valence-electron chi connectivity index (χ3n) is 4.16. The molecule has 0 aromatic carbocycles. The normalized spacial score (nSPS) is 17.6. The van der Waals surface area contributed by atoms with Crippen molar-refractivity contribution in [1.29, 1.82) is 0 Å². The Bertz CT molecular complexity index is 404. The lowest BCUT2D eigenvalue weighted by molar-refractivity contribution is 0.197. The van der Waals surface area contributed by atoms with Crippen LogP contribution in [0.2, 0.25) is 0 Å². The summed E-state index contributed by atoms with van der Waals surface area (Å²) in [5, 5.41) is 3.69. The summed E-state index contributed by atoms with van der Waals surface area (Å²) in [6, 6.07) is 0.654. The molecule has 1 aliphatic heterocycles. The number of nitrogens with one attached hydrogen (secondary N) is 1. The first-order valence-electron chi connectivity index (χ1n) is 7.75. The highest BCUT2D eigenvalue weighted by Gasteiger charge is 2.18. The van der Waals surface area contributed by atoms with Gasteiger partial charge < -0.3 is 19.7 Å². The van der Waals surface area contributed by atoms with Crippen LogP contribution in [-0.2, 0) is 13.6 Å². The molecule has 1 aromatic heterocycles. The van der Waals surface area contributed by atoms with E-state index in [1.807, 2.05) is 25.2 Å². The van der Waals surface area contributed by atoms with Crippen molar-refractivity contribution < 1.29 is 0 Å².